The van der Waals surface area contributed by atoms with Crippen molar-refractivity contribution in [3.05, 3.63) is 72.9 Å². The second-order valence-corrected chi connectivity index (χ2v) is 9.37. The molecule has 0 aliphatic carbocycles. The minimum atomic E-state index is 0.664. The standard InChI is InChI=1S/C28H29N7O/c1-20-6-8-24-23(4-3-5-27(24)32-20)25-18-31-35-19-21(16-30-28(25)35)26-9-7-22(17-29-26)36-15-14-34-12-10-33(2)11-13-34/h3-9,16-19H,10-15H2,1-2H3. The van der Waals surface area contributed by atoms with E-state index in [2.05, 4.69) is 44.0 Å². The van der Waals surface area contributed by atoms with Crippen LogP contribution >= 0.6 is 0 Å². The maximum Gasteiger partial charge on any atom is 0.162 e. The van der Waals surface area contributed by atoms with Crippen LogP contribution in [-0.2, 0) is 0 Å². The van der Waals surface area contributed by atoms with Crippen molar-refractivity contribution in [3.63, 3.8) is 0 Å². The van der Waals surface area contributed by atoms with E-state index in [9.17, 15) is 0 Å². The number of aryl methyl sites for hydroxylation is 1. The summed E-state index contributed by atoms with van der Waals surface area (Å²) in [5.74, 6) is 0.781. The molecule has 0 radical (unpaired) electrons. The van der Waals surface area contributed by atoms with Crippen LogP contribution in [0.1, 0.15) is 5.69 Å². The Bertz CT molecular complexity index is 1500. The Kier molecular flexibility index (Phi) is 6.04. The minimum absolute atomic E-state index is 0.664. The number of hydrogen-bond donors (Lipinski definition) is 0. The number of piperazine rings is 1. The number of nitrogens with zero attached hydrogens (tertiary/aromatic N) is 7. The van der Waals surface area contributed by atoms with Crippen molar-refractivity contribution >= 4 is 16.6 Å². The first-order valence-corrected chi connectivity index (χ1v) is 12.3. The Hall–Kier alpha value is -3.88. The van der Waals surface area contributed by atoms with E-state index in [1.807, 2.05) is 60.4 Å². The van der Waals surface area contributed by atoms with Gasteiger partial charge in [0.25, 0.3) is 0 Å². The first-order valence-electron chi connectivity index (χ1n) is 12.3. The normalized spacial score (nSPS) is 15.1. The van der Waals surface area contributed by atoms with Crippen molar-refractivity contribution in [1.82, 2.24) is 34.4 Å². The van der Waals surface area contributed by atoms with Crippen LogP contribution in [-0.4, -0.2) is 80.7 Å². The molecule has 4 aromatic heterocycles. The highest BCUT2D eigenvalue weighted by atomic mass is 16.5. The number of hydrogen-bond acceptors (Lipinski definition) is 7. The van der Waals surface area contributed by atoms with E-state index >= 15 is 0 Å². The van der Waals surface area contributed by atoms with Crippen LogP contribution in [0.3, 0.4) is 0 Å². The Morgan fingerprint density at radius 1 is 0.889 bits per heavy atom. The molecule has 1 aliphatic rings. The fourth-order valence-corrected chi connectivity index (χ4v) is 4.69. The summed E-state index contributed by atoms with van der Waals surface area (Å²) in [7, 11) is 2.17. The summed E-state index contributed by atoms with van der Waals surface area (Å²) in [6.07, 6.45) is 7.47. The Balaban J connectivity index is 1.18. The zero-order valence-corrected chi connectivity index (χ0v) is 20.6. The Morgan fingerprint density at radius 3 is 2.61 bits per heavy atom. The van der Waals surface area contributed by atoms with E-state index in [0.717, 1.165) is 83.1 Å². The van der Waals surface area contributed by atoms with Crippen LogP contribution in [0.2, 0.25) is 0 Å². The average molecular weight is 480 g/mol. The largest absolute Gasteiger partial charge is 0.491 e. The van der Waals surface area contributed by atoms with E-state index in [0.29, 0.717) is 6.61 Å². The van der Waals surface area contributed by atoms with Crippen LogP contribution in [0.25, 0.3) is 38.9 Å². The molecule has 0 amide bonds. The van der Waals surface area contributed by atoms with E-state index in [1.54, 1.807) is 6.20 Å². The molecule has 1 aliphatic heterocycles. The molecule has 0 N–H and O–H groups in total. The van der Waals surface area contributed by atoms with Crippen molar-refractivity contribution in [1.29, 1.82) is 0 Å². The average Bonchev–Trinajstić information content (AvgIpc) is 3.33. The van der Waals surface area contributed by atoms with E-state index < -0.39 is 0 Å². The first-order chi connectivity index (χ1) is 17.6. The molecule has 0 unspecified atom stereocenters. The van der Waals surface area contributed by atoms with Gasteiger partial charge in [0.1, 0.15) is 12.4 Å². The number of pyridine rings is 2. The number of likely N-dealkylation sites (N-methyl/N-ethyl adjacent to an activating group) is 1. The highest BCUT2D eigenvalue weighted by Gasteiger charge is 2.14. The molecule has 1 aromatic carbocycles. The lowest BCUT2D eigenvalue weighted by Gasteiger charge is -2.32. The molecule has 0 saturated carbocycles. The van der Waals surface area contributed by atoms with Crippen LogP contribution in [0.5, 0.6) is 5.75 Å². The lowest BCUT2D eigenvalue weighted by molar-refractivity contribution is 0.133. The van der Waals surface area contributed by atoms with Gasteiger partial charge in [-0.25, -0.2) is 9.50 Å². The number of fused-ring (bicyclic) bond motifs is 2. The molecule has 5 heterocycles. The van der Waals surface area contributed by atoms with Crippen LogP contribution in [0.15, 0.2) is 67.3 Å². The summed E-state index contributed by atoms with van der Waals surface area (Å²) in [6, 6.07) is 14.2. The van der Waals surface area contributed by atoms with Gasteiger partial charge in [0.05, 0.1) is 23.6 Å². The molecule has 36 heavy (non-hydrogen) atoms. The molecule has 8 nitrogen and oxygen atoms in total. The predicted octanol–water partition coefficient (Wildman–Crippen LogP) is 3.94. The van der Waals surface area contributed by atoms with E-state index in [-0.39, 0.29) is 0 Å². The first kappa shape index (κ1) is 22.6. The van der Waals surface area contributed by atoms with E-state index in [4.69, 9.17) is 9.72 Å². The van der Waals surface area contributed by atoms with Crippen LogP contribution < -0.4 is 4.74 Å². The van der Waals surface area contributed by atoms with Gasteiger partial charge in [-0.05, 0) is 43.8 Å². The molecule has 1 saturated heterocycles. The summed E-state index contributed by atoms with van der Waals surface area (Å²) in [5, 5.41) is 5.68. The molecule has 1 fully saturated rings. The second kappa shape index (κ2) is 9.64. The highest BCUT2D eigenvalue weighted by molar-refractivity contribution is 5.98. The van der Waals surface area contributed by atoms with Crippen LogP contribution in [0, 0.1) is 6.92 Å². The fourth-order valence-electron chi connectivity index (χ4n) is 4.69. The number of aromatic nitrogens is 5. The summed E-state index contributed by atoms with van der Waals surface area (Å²) >= 11 is 0. The zero-order chi connectivity index (χ0) is 24.5. The number of rotatable bonds is 6. The fraction of sp³-hybridized carbons (Fsp3) is 0.286. The van der Waals surface area contributed by atoms with Gasteiger partial charge in [-0.1, -0.05) is 18.2 Å². The smallest absolute Gasteiger partial charge is 0.162 e. The van der Waals surface area contributed by atoms with Crippen molar-refractivity contribution in [2.24, 2.45) is 0 Å². The number of benzene rings is 1. The number of ether oxygens (including phenoxy) is 1. The lowest BCUT2D eigenvalue weighted by atomic mass is 10.0. The van der Waals surface area contributed by atoms with Crippen molar-refractivity contribution in [2.45, 2.75) is 6.92 Å². The summed E-state index contributed by atoms with van der Waals surface area (Å²) in [6.45, 7) is 8.03. The van der Waals surface area contributed by atoms with Crippen molar-refractivity contribution in [2.75, 3.05) is 46.4 Å². The van der Waals surface area contributed by atoms with E-state index in [1.165, 1.54) is 0 Å². The molecule has 8 heteroatoms. The third-order valence-electron chi connectivity index (χ3n) is 6.82. The molecule has 0 atom stereocenters. The highest BCUT2D eigenvalue weighted by Crippen LogP contribution is 2.31. The third-order valence-corrected chi connectivity index (χ3v) is 6.82. The molecule has 182 valence electrons. The SMILES string of the molecule is Cc1ccc2c(-c3cnn4cc(-c5ccc(OCCN6CCN(C)CC6)cn5)cnc34)cccc2n1. The second-order valence-electron chi connectivity index (χ2n) is 9.37. The van der Waals surface area contributed by atoms with Gasteiger partial charge in [0.2, 0.25) is 0 Å². The predicted molar refractivity (Wildman–Crippen MR) is 141 cm³/mol. The quantitative estimate of drug-likeness (QED) is 0.365. The molecule has 0 bridgehead atoms. The lowest BCUT2D eigenvalue weighted by Crippen LogP contribution is -2.45. The Labute approximate surface area is 210 Å². The van der Waals surface area contributed by atoms with Crippen molar-refractivity contribution in [3.8, 4) is 28.1 Å². The third kappa shape index (κ3) is 4.53. The van der Waals surface area contributed by atoms with Crippen LogP contribution in [0.4, 0.5) is 0 Å². The van der Waals surface area contributed by atoms with Gasteiger partial charge in [-0.2, -0.15) is 5.10 Å². The zero-order valence-electron chi connectivity index (χ0n) is 20.6. The molecule has 0 spiro atoms. The maximum absolute atomic E-state index is 5.94. The van der Waals surface area contributed by atoms with Gasteiger partial charge in [-0.15, -0.1) is 0 Å². The molecule has 5 aromatic rings. The minimum Gasteiger partial charge on any atom is -0.491 e. The monoisotopic (exact) mass is 479 g/mol. The molecule has 6 rings (SSSR count). The Morgan fingerprint density at radius 2 is 1.78 bits per heavy atom. The topological polar surface area (TPSA) is 71.7 Å². The van der Waals surface area contributed by atoms with Gasteiger partial charge in [0, 0.05) is 67.3 Å². The summed E-state index contributed by atoms with van der Waals surface area (Å²) in [5.41, 5.74) is 6.56. The van der Waals surface area contributed by atoms with Crippen molar-refractivity contribution < 1.29 is 4.74 Å². The van der Waals surface area contributed by atoms with Gasteiger partial charge in [0.15, 0.2) is 5.65 Å². The summed E-state index contributed by atoms with van der Waals surface area (Å²) in [4.78, 5) is 18.8. The molecular formula is C28H29N7O. The van der Waals surface area contributed by atoms with Gasteiger partial charge in [-0.3, -0.25) is 14.9 Å². The maximum atomic E-state index is 5.94. The summed E-state index contributed by atoms with van der Waals surface area (Å²) < 4.78 is 7.75. The van der Waals surface area contributed by atoms with Gasteiger partial charge < -0.3 is 9.64 Å². The van der Waals surface area contributed by atoms with Gasteiger partial charge >= 0.3 is 0 Å². The molecular weight excluding hydrogens is 450 g/mol.